The Labute approximate surface area is 148 Å². The van der Waals surface area contributed by atoms with E-state index in [0.29, 0.717) is 6.54 Å². The van der Waals surface area contributed by atoms with Gasteiger partial charge >= 0.3 is 0 Å². The summed E-state index contributed by atoms with van der Waals surface area (Å²) < 4.78 is 6.97. The molecular weight excluding hydrogens is 328 g/mol. The normalized spacial score (nSPS) is 19.6. The first-order valence-corrected chi connectivity index (χ1v) is 7.73. The van der Waals surface area contributed by atoms with Gasteiger partial charge in [0.1, 0.15) is 5.75 Å². The lowest BCUT2D eigenvalue weighted by atomic mass is 9.90. The predicted molar refractivity (Wildman–Crippen MR) is 95.9 cm³/mol. The molecule has 0 saturated carbocycles. The summed E-state index contributed by atoms with van der Waals surface area (Å²) in [5.41, 5.74) is 2.92. The number of hydrogen-bond donors (Lipinski definition) is 2. The molecule has 0 radical (unpaired) electrons. The van der Waals surface area contributed by atoms with E-state index in [4.69, 9.17) is 4.74 Å². The third-order valence-corrected chi connectivity index (χ3v) is 4.40. The molecule has 2 heterocycles. The number of amides is 1. The van der Waals surface area contributed by atoms with E-state index in [9.17, 15) is 4.79 Å². The molecular formula is C17H23ClN4O2. The average molecular weight is 351 g/mol. The Morgan fingerprint density at radius 3 is 2.83 bits per heavy atom. The molecule has 2 N–H and O–H groups in total. The quantitative estimate of drug-likeness (QED) is 0.886. The number of nitrogens with one attached hydrogen (secondary N) is 2. The Hall–Kier alpha value is -2.05. The van der Waals surface area contributed by atoms with Gasteiger partial charge in [-0.1, -0.05) is 0 Å². The maximum absolute atomic E-state index is 12.7. The van der Waals surface area contributed by atoms with Crippen LogP contribution in [0.2, 0.25) is 0 Å². The number of carbonyl (C=O) groups is 1. The fourth-order valence-electron chi connectivity index (χ4n) is 3.06. The number of rotatable bonds is 4. The van der Waals surface area contributed by atoms with Crippen LogP contribution >= 0.6 is 12.4 Å². The number of ether oxygens (including phenoxy) is 1. The van der Waals surface area contributed by atoms with E-state index in [0.717, 1.165) is 29.1 Å². The minimum absolute atomic E-state index is 0. The summed E-state index contributed by atoms with van der Waals surface area (Å²) in [6.45, 7) is 3.44. The number of hydrogen-bond acceptors (Lipinski definition) is 4. The van der Waals surface area contributed by atoms with Gasteiger partial charge in [-0.05, 0) is 36.2 Å². The summed E-state index contributed by atoms with van der Waals surface area (Å²) in [4.78, 5) is 12.7. The standard InChI is InChI=1S/C17H22N4O2.ClH/c1-11-6-13(23-3)4-5-16(11)20-17(22)15-9-18-8-14(15)12-7-19-21(2)10-12;/h4-7,10,14-15,18H,8-9H2,1-3H3,(H,20,22);1H/t14-,15+;/m1./s1. The third-order valence-electron chi connectivity index (χ3n) is 4.40. The zero-order valence-corrected chi connectivity index (χ0v) is 14.9. The van der Waals surface area contributed by atoms with Gasteiger partial charge in [0, 0.05) is 37.9 Å². The highest BCUT2D eigenvalue weighted by Gasteiger charge is 2.34. The molecule has 0 spiro atoms. The van der Waals surface area contributed by atoms with E-state index < -0.39 is 0 Å². The number of aromatic nitrogens is 2. The summed E-state index contributed by atoms with van der Waals surface area (Å²) in [6, 6.07) is 5.66. The zero-order valence-electron chi connectivity index (χ0n) is 14.1. The minimum Gasteiger partial charge on any atom is -0.497 e. The molecule has 0 aliphatic carbocycles. The summed E-state index contributed by atoms with van der Waals surface area (Å²) >= 11 is 0. The van der Waals surface area contributed by atoms with E-state index in [1.807, 2.05) is 44.6 Å². The van der Waals surface area contributed by atoms with Crippen LogP contribution in [0.5, 0.6) is 5.75 Å². The first-order chi connectivity index (χ1) is 11.1. The first kappa shape index (κ1) is 18.3. The average Bonchev–Trinajstić information content (AvgIpc) is 3.17. The number of halogens is 1. The maximum atomic E-state index is 12.7. The number of nitrogens with zero attached hydrogens (tertiary/aromatic N) is 2. The van der Waals surface area contributed by atoms with Gasteiger partial charge < -0.3 is 15.4 Å². The number of aryl methyl sites for hydroxylation is 2. The van der Waals surface area contributed by atoms with Gasteiger partial charge in [0.25, 0.3) is 0 Å². The summed E-state index contributed by atoms with van der Waals surface area (Å²) in [6.07, 6.45) is 3.83. The van der Waals surface area contributed by atoms with Crippen molar-refractivity contribution in [1.82, 2.24) is 15.1 Å². The number of carbonyl (C=O) groups excluding carboxylic acids is 1. The third kappa shape index (κ3) is 3.71. The SMILES string of the molecule is COc1ccc(NC(=O)[C@H]2CNC[C@@H]2c2cnn(C)c2)c(C)c1.Cl. The van der Waals surface area contributed by atoms with Crippen molar-refractivity contribution in [2.24, 2.45) is 13.0 Å². The van der Waals surface area contributed by atoms with Crippen LogP contribution in [0, 0.1) is 12.8 Å². The fourth-order valence-corrected chi connectivity index (χ4v) is 3.06. The monoisotopic (exact) mass is 350 g/mol. The molecule has 6 nitrogen and oxygen atoms in total. The van der Waals surface area contributed by atoms with Gasteiger partial charge in [-0.15, -0.1) is 12.4 Å². The molecule has 1 fully saturated rings. The molecule has 1 saturated heterocycles. The van der Waals surface area contributed by atoms with Gasteiger partial charge in [0.05, 0.1) is 19.2 Å². The molecule has 1 aliphatic rings. The van der Waals surface area contributed by atoms with Crippen LogP contribution in [0.3, 0.4) is 0 Å². The van der Waals surface area contributed by atoms with Crippen molar-refractivity contribution < 1.29 is 9.53 Å². The van der Waals surface area contributed by atoms with Crippen molar-refractivity contribution >= 4 is 24.0 Å². The second-order valence-electron chi connectivity index (χ2n) is 5.99. The molecule has 0 bridgehead atoms. The highest BCUT2D eigenvalue weighted by atomic mass is 35.5. The van der Waals surface area contributed by atoms with Crippen LogP contribution in [0.25, 0.3) is 0 Å². The van der Waals surface area contributed by atoms with Crippen molar-refractivity contribution in [3.05, 3.63) is 41.7 Å². The molecule has 2 aromatic rings. The van der Waals surface area contributed by atoms with Crippen LogP contribution in [-0.2, 0) is 11.8 Å². The molecule has 24 heavy (non-hydrogen) atoms. The maximum Gasteiger partial charge on any atom is 0.229 e. The molecule has 1 aliphatic heterocycles. The lowest BCUT2D eigenvalue weighted by Crippen LogP contribution is -2.28. The Kier molecular flexibility index (Phi) is 5.85. The lowest BCUT2D eigenvalue weighted by Gasteiger charge is -2.18. The second kappa shape index (κ2) is 7.68. The van der Waals surface area contributed by atoms with Crippen molar-refractivity contribution in [2.45, 2.75) is 12.8 Å². The van der Waals surface area contributed by atoms with Crippen LogP contribution < -0.4 is 15.4 Å². The number of anilines is 1. The summed E-state index contributed by atoms with van der Waals surface area (Å²) in [5.74, 6) is 0.886. The topological polar surface area (TPSA) is 68.2 Å². The number of methoxy groups -OCH3 is 1. The fraction of sp³-hybridized carbons (Fsp3) is 0.412. The van der Waals surface area contributed by atoms with Crippen LogP contribution in [0.15, 0.2) is 30.6 Å². The lowest BCUT2D eigenvalue weighted by molar-refractivity contribution is -0.119. The van der Waals surface area contributed by atoms with Crippen LogP contribution in [0.1, 0.15) is 17.0 Å². The molecule has 1 aromatic heterocycles. The van der Waals surface area contributed by atoms with E-state index >= 15 is 0 Å². The Bertz CT molecular complexity index is 716. The molecule has 7 heteroatoms. The Morgan fingerprint density at radius 2 is 2.21 bits per heavy atom. The number of benzene rings is 1. The molecule has 3 rings (SSSR count). The van der Waals surface area contributed by atoms with E-state index in [1.54, 1.807) is 11.8 Å². The smallest absolute Gasteiger partial charge is 0.229 e. The molecule has 1 aromatic carbocycles. The largest absolute Gasteiger partial charge is 0.497 e. The molecule has 2 atom stereocenters. The molecule has 1 amide bonds. The highest BCUT2D eigenvalue weighted by Crippen LogP contribution is 2.29. The summed E-state index contributed by atoms with van der Waals surface area (Å²) in [7, 11) is 3.53. The summed E-state index contributed by atoms with van der Waals surface area (Å²) in [5, 5.41) is 10.6. The van der Waals surface area contributed by atoms with Crippen LogP contribution in [-0.4, -0.2) is 35.9 Å². The van der Waals surface area contributed by atoms with Crippen LogP contribution in [0.4, 0.5) is 5.69 Å². The van der Waals surface area contributed by atoms with Gasteiger partial charge in [0.15, 0.2) is 0 Å². The van der Waals surface area contributed by atoms with Gasteiger partial charge in [0.2, 0.25) is 5.91 Å². The van der Waals surface area contributed by atoms with Crippen molar-refractivity contribution in [1.29, 1.82) is 0 Å². The van der Waals surface area contributed by atoms with Gasteiger partial charge in [-0.25, -0.2) is 0 Å². The van der Waals surface area contributed by atoms with E-state index in [-0.39, 0.29) is 30.2 Å². The van der Waals surface area contributed by atoms with Crippen molar-refractivity contribution in [3.8, 4) is 5.75 Å². The van der Waals surface area contributed by atoms with Crippen molar-refractivity contribution in [2.75, 3.05) is 25.5 Å². The predicted octanol–water partition coefficient (Wildman–Crippen LogP) is 2.10. The Morgan fingerprint density at radius 1 is 1.42 bits per heavy atom. The van der Waals surface area contributed by atoms with Gasteiger partial charge in [-0.2, -0.15) is 5.10 Å². The van der Waals surface area contributed by atoms with Gasteiger partial charge in [-0.3, -0.25) is 9.48 Å². The second-order valence-corrected chi connectivity index (χ2v) is 5.99. The Balaban J connectivity index is 0.00000208. The van der Waals surface area contributed by atoms with Crippen molar-refractivity contribution in [3.63, 3.8) is 0 Å². The minimum atomic E-state index is -0.0966. The highest BCUT2D eigenvalue weighted by molar-refractivity contribution is 5.94. The molecule has 0 unspecified atom stereocenters. The first-order valence-electron chi connectivity index (χ1n) is 7.73. The zero-order chi connectivity index (χ0) is 16.4. The van der Waals surface area contributed by atoms with E-state index in [2.05, 4.69) is 15.7 Å². The van der Waals surface area contributed by atoms with E-state index in [1.165, 1.54) is 0 Å². The molecule has 130 valence electrons.